The molecule has 0 radical (unpaired) electrons. The van der Waals surface area contributed by atoms with Crippen molar-refractivity contribution < 1.29 is 0 Å². The summed E-state index contributed by atoms with van der Waals surface area (Å²) in [5.74, 6) is 0. The average Bonchev–Trinajstić information content (AvgIpc) is 2.48. The van der Waals surface area contributed by atoms with Crippen LogP contribution in [0.1, 0.15) is 16.8 Å². The van der Waals surface area contributed by atoms with E-state index in [1.807, 2.05) is 37.3 Å². The Labute approximate surface area is 123 Å². The minimum Gasteiger partial charge on any atom is -0.379 e. The summed E-state index contributed by atoms with van der Waals surface area (Å²) < 4.78 is 1.58. The lowest BCUT2D eigenvalue weighted by Crippen LogP contribution is -2.17. The maximum Gasteiger partial charge on any atom is 0.258 e. The number of benzene rings is 1. The minimum absolute atomic E-state index is 0.0507. The van der Waals surface area contributed by atoms with Crippen LogP contribution in [0.3, 0.4) is 0 Å². The molecule has 3 rings (SSSR count). The van der Waals surface area contributed by atoms with E-state index in [1.54, 1.807) is 16.7 Å². The van der Waals surface area contributed by atoms with Crippen molar-refractivity contribution in [2.45, 2.75) is 20.4 Å². The van der Waals surface area contributed by atoms with E-state index in [0.29, 0.717) is 12.2 Å². The molecule has 1 aromatic carbocycles. The largest absolute Gasteiger partial charge is 0.379 e. The molecule has 0 spiro atoms. The second-order valence-corrected chi connectivity index (χ2v) is 5.14. The first-order valence-electron chi connectivity index (χ1n) is 6.92. The summed E-state index contributed by atoms with van der Waals surface area (Å²) in [5.41, 5.74) is 4.64. The van der Waals surface area contributed by atoms with Crippen LogP contribution in [0.4, 0.5) is 5.69 Å². The van der Waals surface area contributed by atoms with Gasteiger partial charge in [-0.3, -0.25) is 9.20 Å². The molecule has 2 aromatic heterocycles. The van der Waals surface area contributed by atoms with Gasteiger partial charge in [-0.1, -0.05) is 24.3 Å². The van der Waals surface area contributed by atoms with Gasteiger partial charge < -0.3 is 5.32 Å². The van der Waals surface area contributed by atoms with Crippen LogP contribution in [0.2, 0.25) is 0 Å². The van der Waals surface area contributed by atoms with Crippen LogP contribution in [0, 0.1) is 13.8 Å². The monoisotopic (exact) mass is 279 g/mol. The molecular weight excluding hydrogens is 262 g/mol. The second-order valence-electron chi connectivity index (χ2n) is 5.14. The van der Waals surface area contributed by atoms with E-state index < -0.39 is 0 Å². The van der Waals surface area contributed by atoms with Crippen molar-refractivity contribution in [1.29, 1.82) is 0 Å². The Hall–Kier alpha value is -2.62. The molecule has 3 aromatic rings. The molecule has 0 aliphatic heterocycles. The lowest BCUT2D eigenvalue weighted by atomic mass is 10.2. The Morgan fingerprint density at radius 1 is 1.10 bits per heavy atom. The number of fused-ring (bicyclic) bond motifs is 1. The first-order valence-corrected chi connectivity index (χ1v) is 6.92. The third-order valence-electron chi connectivity index (χ3n) is 3.54. The molecule has 0 aliphatic rings. The summed E-state index contributed by atoms with van der Waals surface area (Å²) in [4.78, 5) is 16.7. The van der Waals surface area contributed by atoms with Crippen molar-refractivity contribution in [3.8, 4) is 0 Å². The normalized spacial score (nSPS) is 10.8. The first kappa shape index (κ1) is 13.4. The number of nitrogens with zero attached hydrogens (tertiary/aromatic N) is 2. The fraction of sp³-hybridized carbons (Fsp3) is 0.176. The number of hydrogen-bond acceptors (Lipinski definition) is 3. The molecule has 21 heavy (non-hydrogen) atoms. The summed E-state index contributed by atoms with van der Waals surface area (Å²) in [6.45, 7) is 4.54. The zero-order valence-electron chi connectivity index (χ0n) is 12.1. The molecule has 4 heteroatoms. The standard InChI is InChI=1S/C17H17N3O/c1-12-6-3-4-8-15(12)18-11-14-10-16(21)20-9-5-7-13(2)17(20)19-14/h3-10,18H,11H2,1-2H3. The quantitative estimate of drug-likeness (QED) is 0.802. The smallest absolute Gasteiger partial charge is 0.258 e. The topological polar surface area (TPSA) is 46.4 Å². The molecular formula is C17H17N3O. The van der Waals surface area contributed by atoms with E-state index in [-0.39, 0.29) is 5.56 Å². The van der Waals surface area contributed by atoms with Crippen LogP contribution >= 0.6 is 0 Å². The first-order chi connectivity index (χ1) is 10.1. The number of hydrogen-bond donors (Lipinski definition) is 1. The van der Waals surface area contributed by atoms with Gasteiger partial charge in [-0.25, -0.2) is 4.98 Å². The third kappa shape index (κ3) is 2.65. The lowest BCUT2D eigenvalue weighted by molar-refractivity contribution is 0.963. The van der Waals surface area contributed by atoms with Crippen molar-refractivity contribution in [2.75, 3.05) is 5.32 Å². The molecule has 0 atom stereocenters. The van der Waals surface area contributed by atoms with E-state index in [2.05, 4.69) is 23.3 Å². The predicted octanol–water partition coefficient (Wildman–Crippen LogP) is 2.92. The van der Waals surface area contributed by atoms with Crippen LogP contribution in [0.25, 0.3) is 5.65 Å². The van der Waals surface area contributed by atoms with Gasteiger partial charge in [0.1, 0.15) is 5.65 Å². The van der Waals surface area contributed by atoms with Gasteiger partial charge in [0.25, 0.3) is 5.56 Å². The average molecular weight is 279 g/mol. The van der Waals surface area contributed by atoms with E-state index in [4.69, 9.17) is 0 Å². The molecule has 0 fully saturated rings. The van der Waals surface area contributed by atoms with E-state index >= 15 is 0 Å². The molecule has 4 nitrogen and oxygen atoms in total. The Morgan fingerprint density at radius 2 is 1.86 bits per heavy atom. The van der Waals surface area contributed by atoms with Crippen molar-refractivity contribution in [3.63, 3.8) is 0 Å². The van der Waals surface area contributed by atoms with Gasteiger partial charge in [0, 0.05) is 18.0 Å². The summed E-state index contributed by atoms with van der Waals surface area (Å²) in [6.07, 6.45) is 1.75. The summed E-state index contributed by atoms with van der Waals surface area (Å²) >= 11 is 0. The third-order valence-corrected chi connectivity index (χ3v) is 3.54. The Kier molecular flexibility index (Phi) is 3.44. The van der Waals surface area contributed by atoms with E-state index in [1.165, 1.54) is 5.56 Å². The van der Waals surface area contributed by atoms with Crippen LogP contribution < -0.4 is 10.9 Å². The van der Waals surface area contributed by atoms with Gasteiger partial charge in [0.15, 0.2) is 0 Å². The van der Waals surface area contributed by atoms with Gasteiger partial charge in [-0.15, -0.1) is 0 Å². The van der Waals surface area contributed by atoms with Crippen LogP contribution in [0.5, 0.6) is 0 Å². The predicted molar refractivity (Wildman–Crippen MR) is 84.7 cm³/mol. The molecule has 0 bridgehead atoms. The van der Waals surface area contributed by atoms with Gasteiger partial charge in [-0.05, 0) is 37.1 Å². The molecule has 0 amide bonds. The number of pyridine rings is 1. The maximum absolute atomic E-state index is 12.1. The number of para-hydroxylation sites is 1. The number of nitrogens with one attached hydrogen (secondary N) is 1. The maximum atomic E-state index is 12.1. The van der Waals surface area contributed by atoms with Crippen LogP contribution in [-0.4, -0.2) is 9.38 Å². The van der Waals surface area contributed by atoms with Crippen LogP contribution in [-0.2, 0) is 6.54 Å². The highest BCUT2D eigenvalue weighted by molar-refractivity contribution is 5.51. The van der Waals surface area contributed by atoms with Gasteiger partial charge in [0.05, 0.1) is 12.2 Å². The highest BCUT2D eigenvalue weighted by Crippen LogP contribution is 2.14. The highest BCUT2D eigenvalue weighted by Gasteiger charge is 2.05. The molecule has 0 unspecified atom stereocenters. The zero-order valence-corrected chi connectivity index (χ0v) is 12.1. The number of aromatic nitrogens is 2. The highest BCUT2D eigenvalue weighted by atomic mass is 16.1. The van der Waals surface area contributed by atoms with Gasteiger partial charge >= 0.3 is 0 Å². The van der Waals surface area contributed by atoms with Crippen molar-refractivity contribution >= 4 is 11.3 Å². The van der Waals surface area contributed by atoms with E-state index in [0.717, 1.165) is 16.9 Å². The SMILES string of the molecule is Cc1ccccc1NCc1cc(=O)n2cccc(C)c2n1. The number of aryl methyl sites for hydroxylation is 2. The van der Waals surface area contributed by atoms with Gasteiger partial charge in [0.2, 0.25) is 0 Å². The second kappa shape index (κ2) is 5.40. The van der Waals surface area contributed by atoms with Crippen LogP contribution in [0.15, 0.2) is 53.5 Å². The van der Waals surface area contributed by atoms with Crippen molar-refractivity contribution in [2.24, 2.45) is 0 Å². The summed E-state index contributed by atoms with van der Waals surface area (Å²) in [7, 11) is 0. The summed E-state index contributed by atoms with van der Waals surface area (Å²) in [5, 5.41) is 3.33. The summed E-state index contributed by atoms with van der Waals surface area (Å²) in [6, 6.07) is 13.5. The molecule has 2 heterocycles. The molecule has 1 N–H and O–H groups in total. The number of rotatable bonds is 3. The Bertz CT molecular complexity index is 852. The zero-order chi connectivity index (χ0) is 14.8. The molecule has 0 saturated carbocycles. The van der Waals surface area contributed by atoms with E-state index in [9.17, 15) is 4.79 Å². The fourth-order valence-electron chi connectivity index (χ4n) is 2.36. The lowest BCUT2D eigenvalue weighted by Gasteiger charge is -2.10. The Balaban J connectivity index is 1.93. The van der Waals surface area contributed by atoms with Gasteiger partial charge in [-0.2, -0.15) is 0 Å². The molecule has 0 saturated heterocycles. The van der Waals surface area contributed by atoms with Crippen molar-refractivity contribution in [1.82, 2.24) is 9.38 Å². The molecule has 106 valence electrons. The number of anilines is 1. The Morgan fingerprint density at radius 3 is 2.67 bits per heavy atom. The van der Waals surface area contributed by atoms with Crippen molar-refractivity contribution in [3.05, 3.63) is 75.8 Å². The minimum atomic E-state index is -0.0507. The molecule has 0 aliphatic carbocycles. The fourth-order valence-corrected chi connectivity index (χ4v) is 2.36.